The number of hydrogen-bond donors (Lipinski definition) is 1. The number of benzene rings is 1. The van der Waals surface area contributed by atoms with E-state index in [2.05, 4.69) is 25.1 Å². The van der Waals surface area contributed by atoms with Gasteiger partial charge in [-0.05, 0) is 25.1 Å². The first-order chi connectivity index (χ1) is 14.0. The number of nitrogens with zero attached hydrogens (tertiary/aromatic N) is 5. The largest absolute Gasteiger partial charge is 0.497 e. The predicted molar refractivity (Wildman–Crippen MR) is 101 cm³/mol. The van der Waals surface area contributed by atoms with Gasteiger partial charge in [-0.15, -0.1) is 0 Å². The van der Waals surface area contributed by atoms with Gasteiger partial charge in [-0.1, -0.05) is 0 Å². The molecule has 0 spiro atoms. The van der Waals surface area contributed by atoms with E-state index < -0.39 is 5.82 Å². The Balaban J connectivity index is 1.42. The van der Waals surface area contributed by atoms with E-state index >= 15 is 0 Å². The Labute approximate surface area is 166 Å². The van der Waals surface area contributed by atoms with Gasteiger partial charge < -0.3 is 14.1 Å². The van der Waals surface area contributed by atoms with Crippen molar-refractivity contribution < 1.29 is 18.3 Å². The molecule has 152 valence electrons. The standard InChI is InChI=1S/C19H21FN6O3/c1-12-16(23-18(29-12)14-9-13(28-2)3-4-15(14)20)10-25-5-7-26(8-6-25)19(27)17-21-11-22-24-17/h3-4,9,11H,5-8,10H2,1-2H3,(H,21,22,24). The smallest absolute Gasteiger partial charge is 0.291 e. The Kier molecular flexibility index (Phi) is 5.26. The number of halogens is 1. The van der Waals surface area contributed by atoms with Crippen LogP contribution in [-0.4, -0.2) is 69.2 Å². The third-order valence-electron chi connectivity index (χ3n) is 4.95. The first kappa shape index (κ1) is 19.1. The molecule has 1 aliphatic heterocycles. The summed E-state index contributed by atoms with van der Waals surface area (Å²) >= 11 is 0. The van der Waals surface area contributed by atoms with Crippen molar-refractivity contribution in [3.05, 3.63) is 47.6 Å². The molecular formula is C19H21FN6O3. The van der Waals surface area contributed by atoms with Gasteiger partial charge in [0.05, 0.1) is 18.4 Å². The van der Waals surface area contributed by atoms with E-state index in [0.29, 0.717) is 44.2 Å². The molecule has 0 bridgehead atoms. The number of carbonyl (C=O) groups excluding carboxylic acids is 1. The summed E-state index contributed by atoms with van der Waals surface area (Å²) in [6, 6.07) is 4.45. The summed E-state index contributed by atoms with van der Waals surface area (Å²) in [6.45, 7) is 4.91. The van der Waals surface area contributed by atoms with Gasteiger partial charge in [0.25, 0.3) is 5.91 Å². The van der Waals surface area contributed by atoms with Crippen molar-refractivity contribution in [2.45, 2.75) is 13.5 Å². The van der Waals surface area contributed by atoms with Gasteiger partial charge in [0.2, 0.25) is 11.7 Å². The first-order valence-corrected chi connectivity index (χ1v) is 9.22. The number of piperazine rings is 1. The van der Waals surface area contributed by atoms with Crippen LogP contribution in [0.25, 0.3) is 11.5 Å². The molecule has 2 aromatic heterocycles. The molecule has 0 atom stereocenters. The van der Waals surface area contributed by atoms with Gasteiger partial charge in [-0.25, -0.2) is 14.4 Å². The molecule has 10 heteroatoms. The van der Waals surface area contributed by atoms with Crippen molar-refractivity contribution in [1.29, 1.82) is 0 Å². The minimum Gasteiger partial charge on any atom is -0.497 e. The first-order valence-electron chi connectivity index (χ1n) is 9.22. The van der Waals surface area contributed by atoms with Crippen LogP contribution >= 0.6 is 0 Å². The monoisotopic (exact) mass is 400 g/mol. The van der Waals surface area contributed by atoms with E-state index in [-0.39, 0.29) is 23.2 Å². The van der Waals surface area contributed by atoms with Crippen LogP contribution in [0, 0.1) is 12.7 Å². The molecule has 4 rings (SSSR count). The normalized spacial score (nSPS) is 14.9. The van der Waals surface area contributed by atoms with Crippen molar-refractivity contribution in [2.75, 3.05) is 33.3 Å². The maximum atomic E-state index is 14.2. The molecule has 1 aliphatic rings. The highest BCUT2D eigenvalue weighted by molar-refractivity contribution is 5.90. The molecular weight excluding hydrogens is 379 g/mol. The second-order valence-corrected chi connectivity index (χ2v) is 6.77. The van der Waals surface area contributed by atoms with Crippen molar-refractivity contribution in [2.24, 2.45) is 0 Å². The van der Waals surface area contributed by atoms with Crippen LogP contribution in [0.5, 0.6) is 5.75 Å². The quantitative estimate of drug-likeness (QED) is 0.698. The van der Waals surface area contributed by atoms with Crippen molar-refractivity contribution in [3.8, 4) is 17.2 Å². The Hall–Kier alpha value is -3.27. The zero-order valence-corrected chi connectivity index (χ0v) is 16.2. The van der Waals surface area contributed by atoms with Crippen LogP contribution in [0.1, 0.15) is 22.1 Å². The van der Waals surface area contributed by atoms with Gasteiger partial charge in [0.1, 0.15) is 23.7 Å². The van der Waals surface area contributed by atoms with Gasteiger partial charge >= 0.3 is 0 Å². The summed E-state index contributed by atoms with van der Waals surface area (Å²) < 4.78 is 25.1. The molecule has 0 aliphatic carbocycles. The van der Waals surface area contributed by atoms with Crippen LogP contribution in [0.2, 0.25) is 0 Å². The molecule has 3 aromatic rings. The highest BCUT2D eigenvalue weighted by atomic mass is 19.1. The fraction of sp³-hybridized carbons (Fsp3) is 0.368. The van der Waals surface area contributed by atoms with Gasteiger partial charge in [0, 0.05) is 32.7 Å². The fourth-order valence-corrected chi connectivity index (χ4v) is 3.26. The third-order valence-corrected chi connectivity index (χ3v) is 4.95. The SMILES string of the molecule is COc1ccc(F)c(-c2nc(CN3CCN(C(=O)c4ncn[nH]4)CC3)c(C)o2)c1. The molecule has 29 heavy (non-hydrogen) atoms. The maximum absolute atomic E-state index is 14.2. The number of rotatable bonds is 5. The van der Waals surface area contributed by atoms with Crippen LogP contribution < -0.4 is 4.74 Å². The highest BCUT2D eigenvalue weighted by Gasteiger charge is 2.25. The number of oxazole rings is 1. The molecule has 0 saturated carbocycles. The van der Waals surface area contributed by atoms with Crippen molar-refractivity contribution in [1.82, 2.24) is 30.0 Å². The second kappa shape index (κ2) is 8.00. The average Bonchev–Trinajstić information content (AvgIpc) is 3.39. The minimum atomic E-state index is -0.418. The molecule has 1 saturated heterocycles. The summed E-state index contributed by atoms with van der Waals surface area (Å²) in [5, 5.41) is 6.31. The number of aromatic amines is 1. The molecule has 0 radical (unpaired) electrons. The average molecular weight is 400 g/mol. The van der Waals surface area contributed by atoms with Crippen LogP contribution in [0.15, 0.2) is 28.9 Å². The number of aromatic nitrogens is 4. The van der Waals surface area contributed by atoms with E-state index in [0.717, 1.165) is 5.69 Å². The number of H-pyrrole nitrogens is 1. The van der Waals surface area contributed by atoms with Crippen LogP contribution in [0.3, 0.4) is 0 Å². The van der Waals surface area contributed by atoms with Crippen LogP contribution in [-0.2, 0) is 6.54 Å². The molecule has 1 amide bonds. The Bertz CT molecular complexity index is 996. The lowest BCUT2D eigenvalue weighted by atomic mass is 10.2. The van der Waals surface area contributed by atoms with Gasteiger partial charge in [-0.3, -0.25) is 14.8 Å². The fourth-order valence-electron chi connectivity index (χ4n) is 3.26. The van der Waals surface area contributed by atoms with E-state index in [4.69, 9.17) is 9.15 Å². The number of methoxy groups -OCH3 is 1. The van der Waals surface area contributed by atoms with E-state index in [1.807, 2.05) is 6.92 Å². The topological polar surface area (TPSA) is 100 Å². The number of nitrogens with one attached hydrogen (secondary N) is 1. The summed E-state index contributed by atoms with van der Waals surface area (Å²) in [4.78, 5) is 24.7. The Morgan fingerprint density at radius 1 is 1.31 bits per heavy atom. The van der Waals surface area contributed by atoms with Crippen molar-refractivity contribution in [3.63, 3.8) is 0 Å². The second-order valence-electron chi connectivity index (χ2n) is 6.77. The highest BCUT2D eigenvalue weighted by Crippen LogP contribution is 2.28. The van der Waals surface area contributed by atoms with Gasteiger partial charge in [-0.2, -0.15) is 5.10 Å². The van der Waals surface area contributed by atoms with Crippen molar-refractivity contribution >= 4 is 5.91 Å². The summed E-state index contributed by atoms with van der Waals surface area (Å²) in [5.41, 5.74) is 1.01. The van der Waals surface area contributed by atoms with Gasteiger partial charge in [0.15, 0.2) is 0 Å². The number of carbonyl (C=O) groups is 1. The molecule has 9 nitrogen and oxygen atoms in total. The lowest BCUT2D eigenvalue weighted by Crippen LogP contribution is -2.48. The number of aryl methyl sites for hydroxylation is 1. The number of hydrogen-bond acceptors (Lipinski definition) is 7. The number of ether oxygens (including phenoxy) is 1. The summed E-state index contributed by atoms with van der Waals surface area (Å²) in [7, 11) is 1.52. The lowest BCUT2D eigenvalue weighted by molar-refractivity contribution is 0.0615. The lowest BCUT2D eigenvalue weighted by Gasteiger charge is -2.33. The molecule has 1 aromatic carbocycles. The zero-order chi connectivity index (χ0) is 20.4. The van der Waals surface area contributed by atoms with E-state index in [1.165, 1.54) is 19.5 Å². The van der Waals surface area contributed by atoms with Crippen LogP contribution in [0.4, 0.5) is 4.39 Å². The summed E-state index contributed by atoms with van der Waals surface area (Å²) in [5.74, 6) is 1.08. The Morgan fingerprint density at radius 3 is 2.79 bits per heavy atom. The van der Waals surface area contributed by atoms with E-state index in [1.54, 1.807) is 17.0 Å². The predicted octanol–water partition coefficient (Wildman–Crippen LogP) is 1.87. The van der Waals surface area contributed by atoms with E-state index in [9.17, 15) is 9.18 Å². The molecule has 0 unspecified atom stereocenters. The Morgan fingerprint density at radius 2 is 2.10 bits per heavy atom. The molecule has 3 heterocycles. The maximum Gasteiger partial charge on any atom is 0.291 e. The minimum absolute atomic E-state index is 0.157. The summed E-state index contributed by atoms with van der Waals surface area (Å²) in [6.07, 6.45) is 1.32. The molecule has 1 fully saturated rings. The third kappa shape index (κ3) is 3.97. The number of amides is 1. The molecule has 1 N–H and O–H groups in total. The zero-order valence-electron chi connectivity index (χ0n) is 16.2.